The summed E-state index contributed by atoms with van der Waals surface area (Å²) in [6, 6.07) is 13.3. The molecule has 0 aromatic heterocycles. The molecular formula is C24H34N4O3S. The number of rotatable bonds is 9. The summed E-state index contributed by atoms with van der Waals surface area (Å²) in [5.74, 6) is -0.183. The van der Waals surface area contributed by atoms with Gasteiger partial charge in [-0.1, -0.05) is 30.3 Å². The van der Waals surface area contributed by atoms with Crippen molar-refractivity contribution in [2.75, 3.05) is 39.8 Å². The Bertz CT molecular complexity index is 1030. The standard InChI is InChI=1S/C24H34N4O3S/c1-19-7-8-23(15-20(19)2)32(30,31)26-10-9-24(29)25-17-21-5-4-6-22(16-21)18-28-13-11-27(3)12-14-28/h4-8,15-16,26H,9-14,17-18H2,1-3H3,(H,25,29). The maximum atomic E-state index is 12.4. The highest BCUT2D eigenvalue weighted by Gasteiger charge is 2.16. The highest BCUT2D eigenvalue weighted by atomic mass is 32.2. The van der Waals surface area contributed by atoms with Gasteiger partial charge in [0, 0.05) is 52.2 Å². The molecule has 1 aliphatic heterocycles. The van der Waals surface area contributed by atoms with E-state index in [9.17, 15) is 13.2 Å². The molecule has 0 aliphatic carbocycles. The van der Waals surface area contributed by atoms with E-state index < -0.39 is 10.0 Å². The zero-order valence-corrected chi connectivity index (χ0v) is 20.0. The van der Waals surface area contributed by atoms with Gasteiger partial charge in [0.05, 0.1) is 4.90 Å². The number of sulfonamides is 1. The molecule has 8 heteroatoms. The van der Waals surface area contributed by atoms with Crippen molar-refractivity contribution >= 4 is 15.9 Å². The Balaban J connectivity index is 1.43. The Morgan fingerprint density at radius 1 is 0.969 bits per heavy atom. The second kappa shape index (κ2) is 11.0. The van der Waals surface area contributed by atoms with Crippen molar-refractivity contribution in [3.8, 4) is 0 Å². The Morgan fingerprint density at radius 2 is 1.69 bits per heavy atom. The molecule has 0 bridgehead atoms. The number of benzene rings is 2. The van der Waals surface area contributed by atoms with Crippen LogP contribution in [0.1, 0.15) is 28.7 Å². The van der Waals surface area contributed by atoms with Gasteiger partial charge < -0.3 is 10.2 Å². The summed E-state index contributed by atoms with van der Waals surface area (Å²) in [5.41, 5.74) is 4.24. The van der Waals surface area contributed by atoms with Crippen molar-refractivity contribution in [1.82, 2.24) is 19.8 Å². The van der Waals surface area contributed by atoms with Gasteiger partial charge in [0.25, 0.3) is 0 Å². The summed E-state index contributed by atoms with van der Waals surface area (Å²) in [6.07, 6.45) is 0.0884. The Morgan fingerprint density at radius 3 is 2.41 bits per heavy atom. The largest absolute Gasteiger partial charge is 0.352 e. The highest BCUT2D eigenvalue weighted by molar-refractivity contribution is 7.89. The van der Waals surface area contributed by atoms with Crippen LogP contribution in [-0.4, -0.2) is 63.9 Å². The van der Waals surface area contributed by atoms with Crippen LogP contribution in [0.3, 0.4) is 0 Å². The summed E-state index contributed by atoms with van der Waals surface area (Å²) in [5, 5.41) is 2.88. The molecule has 1 amide bonds. The van der Waals surface area contributed by atoms with Crippen LogP contribution in [0.4, 0.5) is 0 Å². The zero-order chi connectivity index (χ0) is 23.1. The van der Waals surface area contributed by atoms with E-state index in [1.165, 1.54) is 5.56 Å². The number of nitrogens with one attached hydrogen (secondary N) is 2. The molecule has 0 saturated carbocycles. The van der Waals surface area contributed by atoms with E-state index in [-0.39, 0.29) is 23.8 Å². The minimum Gasteiger partial charge on any atom is -0.352 e. The number of carbonyl (C=O) groups is 1. The molecule has 1 heterocycles. The molecule has 1 saturated heterocycles. The average Bonchev–Trinajstić information content (AvgIpc) is 2.76. The molecular weight excluding hydrogens is 424 g/mol. The molecule has 1 fully saturated rings. The first kappa shape index (κ1) is 24.4. The van der Waals surface area contributed by atoms with Gasteiger partial charge in [-0.2, -0.15) is 0 Å². The van der Waals surface area contributed by atoms with Crippen LogP contribution >= 0.6 is 0 Å². The third-order valence-electron chi connectivity index (χ3n) is 5.92. The monoisotopic (exact) mass is 458 g/mol. The lowest BCUT2D eigenvalue weighted by atomic mass is 10.1. The number of likely N-dealkylation sites (N-methyl/N-ethyl adjacent to an activating group) is 1. The van der Waals surface area contributed by atoms with Crippen LogP contribution < -0.4 is 10.0 Å². The van der Waals surface area contributed by atoms with Crippen LogP contribution in [0.25, 0.3) is 0 Å². The van der Waals surface area contributed by atoms with Gasteiger partial charge in [0.2, 0.25) is 15.9 Å². The second-order valence-electron chi connectivity index (χ2n) is 8.57. The molecule has 2 aromatic rings. The van der Waals surface area contributed by atoms with Crippen LogP contribution in [-0.2, 0) is 27.9 Å². The van der Waals surface area contributed by atoms with Gasteiger partial charge in [-0.15, -0.1) is 0 Å². The molecule has 0 atom stereocenters. The fraction of sp³-hybridized carbons (Fsp3) is 0.458. The molecule has 7 nitrogen and oxygen atoms in total. The van der Waals surface area contributed by atoms with Gasteiger partial charge in [-0.25, -0.2) is 13.1 Å². The summed E-state index contributed by atoms with van der Waals surface area (Å²) in [4.78, 5) is 17.2. The molecule has 2 aromatic carbocycles. The maximum absolute atomic E-state index is 12.4. The molecule has 1 aliphatic rings. The summed E-state index contributed by atoms with van der Waals surface area (Å²) < 4.78 is 27.4. The van der Waals surface area contributed by atoms with E-state index in [4.69, 9.17) is 0 Å². The lowest BCUT2D eigenvalue weighted by molar-refractivity contribution is -0.121. The zero-order valence-electron chi connectivity index (χ0n) is 19.2. The van der Waals surface area contributed by atoms with Crippen molar-refractivity contribution in [2.24, 2.45) is 0 Å². The predicted octanol–water partition coefficient (Wildman–Crippen LogP) is 2.04. The first-order chi connectivity index (χ1) is 15.2. The molecule has 32 heavy (non-hydrogen) atoms. The van der Waals surface area contributed by atoms with Gasteiger partial charge >= 0.3 is 0 Å². The van der Waals surface area contributed by atoms with E-state index >= 15 is 0 Å². The van der Waals surface area contributed by atoms with Crippen LogP contribution in [0.15, 0.2) is 47.4 Å². The highest BCUT2D eigenvalue weighted by Crippen LogP contribution is 2.14. The molecule has 3 rings (SSSR count). The van der Waals surface area contributed by atoms with Gasteiger partial charge in [0.1, 0.15) is 0 Å². The third-order valence-corrected chi connectivity index (χ3v) is 7.37. The van der Waals surface area contributed by atoms with Gasteiger partial charge in [-0.05, 0) is 55.3 Å². The number of hydrogen-bond donors (Lipinski definition) is 2. The van der Waals surface area contributed by atoms with Gasteiger partial charge in [0.15, 0.2) is 0 Å². The molecule has 2 N–H and O–H groups in total. The fourth-order valence-corrected chi connectivity index (χ4v) is 4.77. The van der Waals surface area contributed by atoms with Crippen LogP contribution in [0.5, 0.6) is 0 Å². The predicted molar refractivity (Wildman–Crippen MR) is 127 cm³/mol. The molecule has 0 radical (unpaired) electrons. The summed E-state index contributed by atoms with van der Waals surface area (Å²) in [7, 11) is -1.48. The van der Waals surface area contributed by atoms with Gasteiger partial charge in [-0.3, -0.25) is 9.69 Å². The number of piperazine rings is 1. The average molecular weight is 459 g/mol. The summed E-state index contributed by atoms with van der Waals surface area (Å²) >= 11 is 0. The van der Waals surface area contributed by atoms with E-state index in [1.807, 2.05) is 26.0 Å². The lowest BCUT2D eigenvalue weighted by Gasteiger charge is -2.32. The van der Waals surface area contributed by atoms with E-state index in [1.54, 1.807) is 18.2 Å². The van der Waals surface area contributed by atoms with Crippen LogP contribution in [0, 0.1) is 13.8 Å². The smallest absolute Gasteiger partial charge is 0.240 e. The minimum absolute atomic E-state index is 0.0601. The Kier molecular flexibility index (Phi) is 8.42. The number of carbonyl (C=O) groups excluding carboxylic acids is 1. The topological polar surface area (TPSA) is 81.7 Å². The SMILES string of the molecule is Cc1ccc(S(=O)(=O)NCCC(=O)NCc2cccc(CN3CCN(C)CC3)c2)cc1C. The van der Waals surface area contributed by atoms with Crippen LogP contribution in [0.2, 0.25) is 0 Å². The normalized spacial score (nSPS) is 15.6. The number of aryl methyl sites for hydroxylation is 2. The fourth-order valence-electron chi connectivity index (χ4n) is 3.65. The molecule has 174 valence electrons. The lowest BCUT2D eigenvalue weighted by Crippen LogP contribution is -2.43. The van der Waals surface area contributed by atoms with E-state index in [0.29, 0.717) is 6.54 Å². The quantitative estimate of drug-likeness (QED) is 0.601. The van der Waals surface area contributed by atoms with Crippen molar-refractivity contribution in [2.45, 2.75) is 38.3 Å². The number of hydrogen-bond acceptors (Lipinski definition) is 5. The second-order valence-corrected chi connectivity index (χ2v) is 10.3. The molecule has 0 unspecified atom stereocenters. The Hall–Kier alpha value is -2.26. The van der Waals surface area contributed by atoms with Crippen molar-refractivity contribution in [1.29, 1.82) is 0 Å². The Labute approximate surface area is 191 Å². The van der Waals surface area contributed by atoms with E-state index in [0.717, 1.165) is 49.4 Å². The first-order valence-corrected chi connectivity index (χ1v) is 12.5. The molecule has 0 spiro atoms. The number of nitrogens with zero attached hydrogens (tertiary/aromatic N) is 2. The minimum atomic E-state index is -3.62. The van der Waals surface area contributed by atoms with E-state index in [2.05, 4.69) is 39.0 Å². The van der Waals surface area contributed by atoms with Crippen molar-refractivity contribution in [3.05, 3.63) is 64.7 Å². The first-order valence-electron chi connectivity index (χ1n) is 11.1. The third kappa shape index (κ3) is 7.13. The van der Waals surface area contributed by atoms with Crippen molar-refractivity contribution in [3.63, 3.8) is 0 Å². The summed E-state index contributed by atoms with van der Waals surface area (Å²) in [6.45, 7) is 9.52. The maximum Gasteiger partial charge on any atom is 0.240 e. The number of amides is 1. The van der Waals surface area contributed by atoms with Crippen molar-refractivity contribution < 1.29 is 13.2 Å².